The average Bonchev–Trinajstić information content (AvgIpc) is 1.97. The van der Waals surface area contributed by atoms with Crippen molar-refractivity contribution in [2.45, 2.75) is 39.2 Å². The fourth-order valence-electron chi connectivity index (χ4n) is 0.896. The number of halogens is 1. The van der Waals surface area contributed by atoms with E-state index in [1.807, 2.05) is 0 Å². The summed E-state index contributed by atoms with van der Waals surface area (Å²) in [6.45, 7) is 5.26. The number of carboxylic acid groups (broad SMARTS) is 1. The second-order valence-corrected chi connectivity index (χ2v) is 3.43. The molecule has 0 aliphatic rings. The van der Waals surface area contributed by atoms with E-state index in [1.165, 1.54) is 0 Å². The van der Waals surface area contributed by atoms with Gasteiger partial charge in [0, 0.05) is 12.5 Å². The van der Waals surface area contributed by atoms with Gasteiger partial charge in [0.05, 0.1) is 0 Å². The Hall–Kier alpha value is -0.280. The van der Waals surface area contributed by atoms with Gasteiger partial charge in [-0.25, -0.2) is 0 Å². The van der Waals surface area contributed by atoms with Crippen molar-refractivity contribution in [3.63, 3.8) is 0 Å². The minimum atomic E-state index is -0.692. The highest BCUT2D eigenvalue weighted by Gasteiger charge is 2.02. The maximum absolute atomic E-state index is 10.2. The van der Waals surface area contributed by atoms with Crippen LogP contribution in [0.15, 0.2) is 0 Å². The normalized spacial score (nSPS) is 10.2. The number of hydrogen-bond donors (Lipinski definition) is 1. The highest BCUT2D eigenvalue weighted by molar-refractivity contribution is 5.85. The summed E-state index contributed by atoms with van der Waals surface area (Å²) in [5.41, 5.74) is 0. The first-order valence-electron chi connectivity index (χ1n) is 4.46. The maximum Gasteiger partial charge on any atom is 0.303 e. The van der Waals surface area contributed by atoms with E-state index in [2.05, 4.69) is 25.8 Å². The first-order chi connectivity index (χ1) is 5.54. The van der Waals surface area contributed by atoms with Gasteiger partial charge < -0.3 is 10.0 Å². The fraction of sp³-hybridized carbons (Fsp3) is 0.889. The molecule has 0 aromatic heterocycles. The number of unbranched alkanes of at least 4 members (excludes halogenated alkanes) is 1. The van der Waals surface area contributed by atoms with Crippen molar-refractivity contribution in [3.8, 4) is 0 Å². The molecule has 0 fully saturated rings. The van der Waals surface area contributed by atoms with Crippen molar-refractivity contribution in [1.29, 1.82) is 0 Å². The maximum atomic E-state index is 10.2. The van der Waals surface area contributed by atoms with Gasteiger partial charge in [-0.3, -0.25) is 4.79 Å². The molecule has 3 nitrogen and oxygen atoms in total. The highest BCUT2D eigenvalue weighted by atomic mass is 35.5. The highest BCUT2D eigenvalue weighted by Crippen LogP contribution is 2.00. The molecule has 0 atom stereocenters. The Morgan fingerprint density at radius 2 is 1.92 bits per heavy atom. The number of carbonyl (C=O) groups is 1. The summed E-state index contributed by atoms with van der Waals surface area (Å²) in [6, 6.07) is 0.551. The molecule has 13 heavy (non-hydrogen) atoms. The van der Waals surface area contributed by atoms with Gasteiger partial charge in [-0.05, 0) is 40.3 Å². The molecule has 0 saturated heterocycles. The van der Waals surface area contributed by atoms with Crippen LogP contribution in [0.4, 0.5) is 0 Å². The predicted octanol–water partition coefficient (Wildman–Crippen LogP) is 2.00. The lowest BCUT2D eigenvalue weighted by Crippen LogP contribution is -2.27. The number of carboxylic acids is 1. The van der Waals surface area contributed by atoms with E-state index in [0.29, 0.717) is 12.5 Å². The van der Waals surface area contributed by atoms with Crippen molar-refractivity contribution < 1.29 is 9.90 Å². The summed E-state index contributed by atoms with van der Waals surface area (Å²) < 4.78 is 0. The molecule has 0 unspecified atom stereocenters. The lowest BCUT2D eigenvalue weighted by atomic mass is 10.2. The lowest BCUT2D eigenvalue weighted by molar-refractivity contribution is -0.137. The Morgan fingerprint density at radius 3 is 2.31 bits per heavy atom. The Bertz CT molecular complexity index is 140. The second kappa shape index (κ2) is 8.32. The molecular weight excluding hydrogens is 190 g/mol. The molecule has 0 aliphatic heterocycles. The lowest BCUT2D eigenvalue weighted by Gasteiger charge is -2.20. The number of rotatable bonds is 6. The van der Waals surface area contributed by atoms with Crippen molar-refractivity contribution >= 4 is 18.4 Å². The molecule has 0 aliphatic carbocycles. The third kappa shape index (κ3) is 9.64. The zero-order chi connectivity index (χ0) is 9.56. The van der Waals surface area contributed by atoms with Gasteiger partial charge in [0.1, 0.15) is 0 Å². The summed E-state index contributed by atoms with van der Waals surface area (Å²) in [4.78, 5) is 12.4. The van der Waals surface area contributed by atoms with Crippen LogP contribution < -0.4 is 0 Å². The molecule has 1 N–H and O–H groups in total. The van der Waals surface area contributed by atoms with Crippen LogP contribution in [0.1, 0.15) is 33.1 Å². The van der Waals surface area contributed by atoms with Gasteiger partial charge in [-0.1, -0.05) is 0 Å². The monoisotopic (exact) mass is 209 g/mol. The summed E-state index contributed by atoms with van der Waals surface area (Å²) >= 11 is 0. The second-order valence-electron chi connectivity index (χ2n) is 3.43. The minimum absolute atomic E-state index is 0. The van der Waals surface area contributed by atoms with Gasteiger partial charge in [-0.2, -0.15) is 0 Å². The van der Waals surface area contributed by atoms with Crippen molar-refractivity contribution in [1.82, 2.24) is 4.90 Å². The summed E-state index contributed by atoms with van der Waals surface area (Å²) in [5.74, 6) is -0.692. The number of aliphatic carboxylic acids is 1. The zero-order valence-corrected chi connectivity index (χ0v) is 9.43. The van der Waals surface area contributed by atoms with Gasteiger partial charge in [0.25, 0.3) is 0 Å². The average molecular weight is 210 g/mol. The SMILES string of the molecule is CC(C)N(C)CCCCC(=O)O.Cl. The van der Waals surface area contributed by atoms with E-state index < -0.39 is 5.97 Å². The molecule has 0 aromatic carbocycles. The third-order valence-electron chi connectivity index (χ3n) is 2.03. The van der Waals surface area contributed by atoms with E-state index in [9.17, 15) is 4.79 Å². The molecule has 0 aromatic rings. The van der Waals surface area contributed by atoms with Crippen molar-refractivity contribution in [3.05, 3.63) is 0 Å². The zero-order valence-electron chi connectivity index (χ0n) is 8.62. The van der Waals surface area contributed by atoms with E-state index in [4.69, 9.17) is 5.11 Å². The largest absolute Gasteiger partial charge is 0.481 e. The number of hydrogen-bond acceptors (Lipinski definition) is 2. The third-order valence-corrected chi connectivity index (χ3v) is 2.03. The summed E-state index contributed by atoms with van der Waals surface area (Å²) in [7, 11) is 2.06. The van der Waals surface area contributed by atoms with Crippen molar-refractivity contribution in [2.24, 2.45) is 0 Å². The van der Waals surface area contributed by atoms with Crippen LogP contribution in [0.2, 0.25) is 0 Å². The topological polar surface area (TPSA) is 40.5 Å². The fourth-order valence-corrected chi connectivity index (χ4v) is 0.896. The van der Waals surface area contributed by atoms with Crippen LogP contribution in [0.3, 0.4) is 0 Å². The van der Waals surface area contributed by atoms with Crippen LogP contribution >= 0.6 is 12.4 Å². The summed E-state index contributed by atoms with van der Waals surface area (Å²) in [5, 5.41) is 8.37. The molecule has 0 amide bonds. The first kappa shape index (κ1) is 15.2. The Kier molecular flexibility index (Phi) is 9.74. The van der Waals surface area contributed by atoms with Gasteiger partial charge in [-0.15, -0.1) is 12.4 Å². The predicted molar refractivity (Wildman–Crippen MR) is 56.5 cm³/mol. The molecular formula is C9H20ClNO2. The van der Waals surface area contributed by atoms with E-state index in [1.54, 1.807) is 0 Å². The van der Waals surface area contributed by atoms with E-state index >= 15 is 0 Å². The molecule has 0 saturated carbocycles. The van der Waals surface area contributed by atoms with Gasteiger partial charge in [0.2, 0.25) is 0 Å². The van der Waals surface area contributed by atoms with Crippen LogP contribution in [0, 0.1) is 0 Å². The van der Waals surface area contributed by atoms with Crippen LogP contribution in [-0.4, -0.2) is 35.6 Å². The first-order valence-corrected chi connectivity index (χ1v) is 4.46. The van der Waals surface area contributed by atoms with Gasteiger partial charge in [0.15, 0.2) is 0 Å². The van der Waals surface area contributed by atoms with Crippen LogP contribution in [0.25, 0.3) is 0 Å². The standard InChI is InChI=1S/C9H19NO2.ClH/c1-8(2)10(3)7-5-4-6-9(11)12;/h8H,4-7H2,1-3H3,(H,11,12);1H. The molecule has 80 valence electrons. The van der Waals surface area contributed by atoms with E-state index in [-0.39, 0.29) is 12.4 Å². The smallest absolute Gasteiger partial charge is 0.303 e. The number of nitrogens with zero attached hydrogens (tertiary/aromatic N) is 1. The molecule has 0 spiro atoms. The molecule has 0 bridgehead atoms. The quantitative estimate of drug-likeness (QED) is 0.681. The molecule has 4 heteroatoms. The van der Waals surface area contributed by atoms with Gasteiger partial charge >= 0.3 is 5.97 Å². The molecule has 0 heterocycles. The Morgan fingerprint density at radius 1 is 1.38 bits per heavy atom. The molecule has 0 rings (SSSR count). The Balaban J connectivity index is 0. The van der Waals surface area contributed by atoms with Crippen LogP contribution in [0.5, 0.6) is 0 Å². The Labute approximate surface area is 86.5 Å². The van der Waals surface area contributed by atoms with Crippen LogP contribution in [-0.2, 0) is 4.79 Å². The summed E-state index contributed by atoms with van der Waals surface area (Å²) in [6.07, 6.45) is 2.05. The van der Waals surface area contributed by atoms with Crippen molar-refractivity contribution in [2.75, 3.05) is 13.6 Å². The van der Waals surface area contributed by atoms with E-state index in [0.717, 1.165) is 19.4 Å². The molecule has 0 radical (unpaired) electrons. The minimum Gasteiger partial charge on any atom is -0.481 e.